The van der Waals surface area contributed by atoms with E-state index in [4.69, 9.17) is 5.26 Å². The van der Waals surface area contributed by atoms with Crippen molar-refractivity contribution >= 4 is 22.4 Å². The van der Waals surface area contributed by atoms with Gasteiger partial charge in [-0.15, -0.1) is 11.3 Å². The molecule has 0 bridgehead atoms. The van der Waals surface area contributed by atoms with E-state index in [2.05, 4.69) is 10.3 Å². The Bertz CT molecular complexity index is 400. The fraction of sp³-hybridized carbons (Fsp3) is 0.444. The highest BCUT2D eigenvalue weighted by Gasteiger charge is 2.19. The summed E-state index contributed by atoms with van der Waals surface area (Å²) in [5.41, 5.74) is -0.519. The van der Waals surface area contributed by atoms with Gasteiger partial charge in [0, 0.05) is 5.38 Å². The standard InChI is InChI=1S/C9H11N3O2S/c1-9(2,14)6-5-15-8(11-6)12-7(13)3-4-10/h5,14H,3H2,1-2H3,(H,11,12,13). The summed E-state index contributed by atoms with van der Waals surface area (Å²) in [7, 11) is 0. The molecule has 15 heavy (non-hydrogen) atoms. The Morgan fingerprint density at radius 2 is 2.47 bits per heavy atom. The zero-order chi connectivity index (χ0) is 11.5. The van der Waals surface area contributed by atoms with Crippen LogP contribution in [-0.4, -0.2) is 16.0 Å². The van der Waals surface area contributed by atoms with Gasteiger partial charge in [-0.2, -0.15) is 5.26 Å². The summed E-state index contributed by atoms with van der Waals surface area (Å²) in [6, 6.07) is 1.74. The van der Waals surface area contributed by atoms with Gasteiger partial charge in [-0.3, -0.25) is 4.79 Å². The van der Waals surface area contributed by atoms with Crippen LogP contribution in [0.1, 0.15) is 26.0 Å². The third kappa shape index (κ3) is 3.31. The van der Waals surface area contributed by atoms with Crippen molar-refractivity contribution in [2.24, 2.45) is 0 Å². The normalized spacial score (nSPS) is 10.8. The fourth-order valence-electron chi connectivity index (χ4n) is 0.847. The minimum absolute atomic E-state index is 0.197. The molecule has 0 spiro atoms. The molecule has 1 rings (SSSR count). The zero-order valence-corrected chi connectivity index (χ0v) is 9.26. The molecule has 0 radical (unpaired) electrons. The van der Waals surface area contributed by atoms with Crippen molar-refractivity contribution in [2.45, 2.75) is 25.9 Å². The lowest BCUT2D eigenvalue weighted by Crippen LogP contribution is -2.16. The summed E-state index contributed by atoms with van der Waals surface area (Å²) in [5.74, 6) is -0.394. The van der Waals surface area contributed by atoms with E-state index in [9.17, 15) is 9.90 Å². The summed E-state index contributed by atoms with van der Waals surface area (Å²) < 4.78 is 0. The molecule has 1 aromatic heterocycles. The molecule has 0 aliphatic carbocycles. The van der Waals surface area contributed by atoms with Crippen molar-refractivity contribution in [3.8, 4) is 6.07 Å². The zero-order valence-electron chi connectivity index (χ0n) is 8.44. The van der Waals surface area contributed by atoms with Gasteiger partial charge in [-0.25, -0.2) is 4.98 Å². The smallest absolute Gasteiger partial charge is 0.240 e. The quantitative estimate of drug-likeness (QED) is 0.809. The highest BCUT2D eigenvalue weighted by molar-refractivity contribution is 7.13. The first-order valence-corrected chi connectivity index (χ1v) is 5.16. The highest BCUT2D eigenvalue weighted by atomic mass is 32.1. The Kier molecular flexibility index (Phi) is 3.39. The second kappa shape index (κ2) is 4.38. The largest absolute Gasteiger partial charge is 0.384 e. The van der Waals surface area contributed by atoms with Gasteiger partial charge in [0.1, 0.15) is 12.0 Å². The third-order valence-corrected chi connectivity index (χ3v) is 2.37. The second-order valence-electron chi connectivity index (χ2n) is 3.48. The molecule has 1 heterocycles. The van der Waals surface area contributed by atoms with Crippen LogP contribution in [0.15, 0.2) is 5.38 Å². The Labute approximate surface area is 91.4 Å². The number of carbonyl (C=O) groups excluding carboxylic acids is 1. The fourth-order valence-corrected chi connectivity index (χ4v) is 1.74. The predicted octanol–water partition coefficient (Wildman–Crippen LogP) is 1.22. The molecule has 0 aromatic carbocycles. The van der Waals surface area contributed by atoms with Crippen LogP contribution in [0, 0.1) is 11.3 Å². The molecule has 1 aromatic rings. The van der Waals surface area contributed by atoms with Gasteiger partial charge in [0.05, 0.1) is 11.8 Å². The van der Waals surface area contributed by atoms with Crippen molar-refractivity contribution in [3.63, 3.8) is 0 Å². The molecule has 0 saturated carbocycles. The summed E-state index contributed by atoms with van der Waals surface area (Å²) in [4.78, 5) is 15.1. The molecule has 0 saturated heterocycles. The molecule has 0 aliphatic rings. The first-order chi connectivity index (χ1) is 6.93. The van der Waals surface area contributed by atoms with Gasteiger partial charge in [-0.05, 0) is 13.8 Å². The highest BCUT2D eigenvalue weighted by Crippen LogP contribution is 2.24. The molecule has 0 atom stereocenters. The number of hydrogen-bond donors (Lipinski definition) is 2. The van der Waals surface area contributed by atoms with Crippen molar-refractivity contribution < 1.29 is 9.90 Å². The molecular weight excluding hydrogens is 214 g/mol. The topological polar surface area (TPSA) is 86.0 Å². The van der Waals surface area contributed by atoms with E-state index in [0.717, 1.165) is 0 Å². The maximum absolute atomic E-state index is 11.0. The van der Waals surface area contributed by atoms with Crippen LogP contribution in [0.3, 0.4) is 0 Å². The molecular formula is C9H11N3O2S. The maximum atomic E-state index is 11.0. The van der Waals surface area contributed by atoms with Crippen molar-refractivity contribution in [2.75, 3.05) is 5.32 Å². The summed E-state index contributed by atoms with van der Waals surface area (Å²) in [6.07, 6.45) is -0.197. The van der Waals surface area contributed by atoms with Crippen molar-refractivity contribution in [1.29, 1.82) is 5.26 Å². The molecule has 0 unspecified atom stereocenters. The maximum Gasteiger partial charge on any atom is 0.240 e. The number of aliphatic hydroxyl groups is 1. The van der Waals surface area contributed by atoms with E-state index >= 15 is 0 Å². The molecule has 0 aliphatic heterocycles. The van der Waals surface area contributed by atoms with Crippen LogP contribution in [-0.2, 0) is 10.4 Å². The van der Waals surface area contributed by atoms with Crippen molar-refractivity contribution in [3.05, 3.63) is 11.1 Å². The molecule has 0 fully saturated rings. The van der Waals surface area contributed by atoms with Gasteiger partial charge in [-0.1, -0.05) is 0 Å². The first kappa shape index (κ1) is 11.6. The number of aromatic nitrogens is 1. The predicted molar refractivity (Wildman–Crippen MR) is 56.2 cm³/mol. The minimum atomic E-state index is -1.02. The number of hydrogen-bond acceptors (Lipinski definition) is 5. The number of carbonyl (C=O) groups is 1. The lowest BCUT2D eigenvalue weighted by molar-refractivity contribution is -0.115. The number of nitrogens with one attached hydrogen (secondary N) is 1. The van der Waals surface area contributed by atoms with E-state index < -0.39 is 11.5 Å². The molecule has 1 amide bonds. The average Bonchev–Trinajstić information content (AvgIpc) is 2.52. The van der Waals surface area contributed by atoms with Crippen LogP contribution >= 0.6 is 11.3 Å². The van der Waals surface area contributed by atoms with E-state index in [1.54, 1.807) is 25.3 Å². The van der Waals surface area contributed by atoms with Crippen LogP contribution in [0.2, 0.25) is 0 Å². The average molecular weight is 225 g/mol. The minimum Gasteiger partial charge on any atom is -0.384 e. The Balaban J connectivity index is 2.70. The summed E-state index contributed by atoms with van der Waals surface area (Å²) in [6.45, 7) is 3.23. The van der Waals surface area contributed by atoms with E-state index in [-0.39, 0.29) is 6.42 Å². The summed E-state index contributed by atoms with van der Waals surface area (Å²) >= 11 is 1.22. The van der Waals surface area contributed by atoms with Gasteiger partial charge in [0.15, 0.2) is 5.13 Å². The molecule has 80 valence electrons. The number of rotatable bonds is 3. The Morgan fingerprint density at radius 1 is 1.80 bits per heavy atom. The molecule has 2 N–H and O–H groups in total. The number of nitriles is 1. The number of thiazole rings is 1. The second-order valence-corrected chi connectivity index (χ2v) is 4.34. The van der Waals surface area contributed by atoms with Crippen LogP contribution in [0.25, 0.3) is 0 Å². The van der Waals surface area contributed by atoms with E-state index in [1.807, 2.05) is 0 Å². The molecule has 6 heteroatoms. The van der Waals surface area contributed by atoms with Gasteiger partial charge in [0.2, 0.25) is 5.91 Å². The lowest BCUT2D eigenvalue weighted by atomic mass is 10.1. The van der Waals surface area contributed by atoms with Gasteiger partial charge >= 0.3 is 0 Å². The number of anilines is 1. The Morgan fingerprint density at radius 3 is 2.93 bits per heavy atom. The molecule has 5 nitrogen and oxygen atoms in total. The Hall–Kier alpha value is -1.45. The van der Waals surface area contributed by atoms with Crippen molar-refractivity contribution in [1.82, 2.24) is 4.98 Å². The van der Waals surface area contributed by atoms with Gasteiger partial charge in [0.25, 0.3) is 0 Å². The SMILES string of the molecule is CC(C)(O)c1csc(NC(=O)CC#N)n1. The van der Waals surface area contributed by atoms with Gasteiger partial charge < -0.3 is 10.4 Å². The van der Waals surface area contributed by atoms with E-state index in [1.165, 1.54) is 11.3 Å². The van der Waals surface area contributed by atoms with E-state index in [0.29, 0.717) is 10.8 Å². The first-order valence-electron chi connectivity index (χ1n) is 4.28. The number of amides is 1. The van der Waals surface area contributed by atoms with Crippen LogP contribution in [0.5, 0.6) is 0 Å². The van der Waals surface area contributed by atoms with Crippen LogP contribution in [0.4, 0.5) is 5.13 Å². The number of nitrogens with zero attached hydrogens (tertiary/aromatic N) is 2. The lowest BCUT2D eigenvalue weighted by Gasteiger charge is -2.12. The third-order valence-electron chi connectivity index (χ3n) is 1.62. The monoisotopic (exact) mass is 225 g/mol. The summed E-state index contributed by atoms with van der Waals surface area (Å²) in [5, 5.41) is 22.4. The van der Waals surface area contributed by atoms with Crippen LogP contribution < -0.4 is 5.32 Å².